The van der Waals surface area contributed by atoms with Gasteiger partial charge >= 0.3 is 0 Å². The first kappa shape index (κ1) is 9.79. The van der Waals surface area contributed by atoms with Gasteiger partial charge in [-0.2, -0.15) is 0 Å². The zero-order valence-corrected chi connectivity index (χ0v) is 7.92. The molecular weight excluding hydrogens is 198 g/mol. The number of amides is 1. The van der Waals surface area contributed by atoms with Gasteiger partial charge in [-0.25, -0.2) is 0 Å². The van der Waals surface area contributed by atoms with E-state index < -0.39 is 12.0 Å². The van der Waals surface area contributed by atoms with Gasteiger partial charge in [-0.3, -0.25) is 4.79 Å². The van der Waals surface area contributed by atoms with E-state index in [4.69, 9.17) is 5.11 Å². The fourth-order valence-electron chi connectivity index (χ4n) is 1.53. The zero-order valence-electron chi connectivity index (χ0n) is 7.92. The number of hydrogen-bond acceptors (Lipinski definition) is 4. The van der Waals surface area contributed by atoms with E-state index in [1.165, 1.54) is 23.1 Å². The molecule has 1 aromatic rings. The molecule has 1 aliphatic heterocycles. The molecule has 5 nitrogen and oxygen atoms in total. The number of β-amino-alcohol motifs (C(OH)–C–C–N with tert-alkyl or cyclic N) is 1. The molecule has 1 fully saturated rings. The third kappa shape index (κ3) is 1.61. The van der Waals surface area contributed by atoms with Gasteiger partial charge in [-0.1, -0.05) is 6.07 Å². The largest absolute Gasteiger partial charge is 0.507 e. The first-order valence-corrected chi connectivity index (χ1v) is 4.58. The molecule has 15 heavy (non-hydrogen) atoms. The molecule has 0 atom stereocenters. The highest BCUT2D eigenvalue weighted by Crippen LogP contribution is 2.28. The van der Waals surface area contributed by atoms with Gasteiger partial charge in [0.15, 0.2) is 0 Å². The van der Waals surface area contributed by atoms with Crippen LogP contribution >= 0.6 is 0 Å². The average molecular weight is 209 g/mol. The van der Waals surface area contributed by atoms with Gasteiger partial charge in [0.25, 0.3) is 5.91 Å². The molecule has 5 heteroatoms. The molecule has 1 aromatic carbocycles. The van der Waals surface area contributed by atoms with E-state index in [1.807, 2.05) is 0 Å². The van der Waals surface area contributed by atoms with Crippen LogP contribution in [0.25, 0.3) is 0 Å². The molecule has 1 aliphatic rings. The van der Waals surface area contributed by atoms with E-state index in [0.717, 1.165) is 0 Å². The Bertz CT molecular complexity index is 378. The maximum Gasteiger partial charge on any atom is 0.261 e. The van der Waals surface area contributed by atoms with Crippen LogP contribution < -0.4 is 0 Å². The molecule has 3 N–H and O–H groups in total. The van der Waals surface area contributed by atoms with Crippen molar-refractivity contribution in [2.75, 3.05) is 13.1 Å². The molecule has 0 radical (unpaired) electrons. The summed E-state index contributed by atoms with van der Waals surface area (Å²) in [6.45, 7) is 0.485. The maximum atomic E-state index is 11.7. The summed E-state index contributed by atoms with van der Waals surface area (Å²) in [4.78, 5) is 13.1. The van der Waals surface area contributed by atoms with Gasteiger partial charge in [0.1, 0.15) is 17.1 Å². The Hall–Kier alpha value is -1.75. The van der Waals surface area contributed by atoms with Gasteiger partial charge in [-0.05, 0) is 12.1 Å². The van der Waals surface area contributed by atoms with Crippen LogP contribution in [0, 0.1) is 0 Å². The van der Waals surface area contributed by atoms with Crippen molar-refractivity contribution in [3.8, 4) is 11.5 Å². The fourth-order valence-corrected chi connectivity index (χ4v) is 1.53. The lowest BCUT2D eigenvalue weighted by molar-refractivity contribution is 0.00551. The lowest BCUT2D eigenvalue weighted by Crippen LogP contribution is -2.53. The standard InChI is InChI=1S/C10H11NO4/c12-6-4-11(5-6)10(15)9-7(13)2-1-3-8(9)14/h1-3,6,12-14H,4-5H2. The zero-order chi connectivity index (χ0) is 11.0. The molecule has 2 rings (SSSR count). The molecule has 1 amide bonds. The lowest BCUT2D eigenvalue weighted by atomic mass is 10.1. The first-order valence-electron chi connectivity index (χ1n) is 4.58. The predicted molar refractivity (Wildman–Crippen MR) is 51.7 cm³/mol. The molecule has 0 saturated carbocycles. The number of benzene rings is 1. The van der Waals surface area contributed by atoms with E-state index in [1.54, 1.807) is 0 Å². The highest BCUT2D eigenvalue weighted by Gasteiger charge is 2.32. The minimum atomic E-state index is -0.498. The minimum absolute atomic E-state index is 0.107. The molecule has 0 spiro atoms. The van der Waals surface area contributed by atoms with Crippen LogP contribution in [0.2, 0.25) is 0 Å². The van der Waals surface area contributed by atoms with Crippen molar-refractivity contribution in [2.24, 2.45) is 0 Å². The molecule has 0 unspecified atom stereocenters. The van der Waals surface area contributed by atoms with Crippen LogP contribution in [0.5, 0.6) is 11.5 Å². The minimum Gasteiger partial charge on any atom is -0.507 e. The number of aromatic hydroxyl groups is 2. The topological polar surface area (TPSA) is 81.0 Å². The molecule has 0 bridgehead atoms. The average Bonchev–Trinajstić information content (AvgIpc) is 2.12. The van der Waals surface area contributed by atoms with Crippen LogP contribution in [0.3, 0.4) is 0 Å². The van der Waals surface area contributed by atoms with Crippen molar-refractivity contribution < 1.29 is 20.1 Å². The molecule has 0 aliphatic carbocycles. The molecule has 1 saturated heterocycles. The molecule has 1 heterocycles. The Morgan fingerprint density at radius 3 is 2.27 bits per heavy atom. The summed E-state index contributed by atoms with van der Waals surface area (Å²) in [6, 6.07) is 4.12. The Kier molecular flexibility index (Phi) is 2.24. The highest BCUT2D eigenvalue weighted by molar-refractivity contribution is 5.99. The van der Waals surface area contributed by atoms with Crippen LogP contribution in [-0.2, 0) is 0 Å². The molecule has 0 aromatic heterocycles. The Labute approximate surface area is 86.2 Å². The second-order valence-corrected chi connectivity index (χ2v) is 3.54. The number of rotatable bonds is 1. The van der Waals surface area contributed by atoms with Crippen molar-refractivity contribution in [3.05, 3.63) is 23.8 Å². The van der Waals surface area contributed by atoms with Crippen LogP contribution in [0.4, 0.5) is 0 Å². The Morgan fingerprint density at radius 1 is 1.27 bits per heavy atom. The lowest BCUT2D eigenvalue weighted by Gasteiger charge is -2.36. The Balaban J connectivity index is 2.26. The second-order valence-electron chi connectivity index (χ2n) is 3.54. The number of carbonyl (C=O) groups excluding carboxylic acids is 1. The third-order valence-corrected chi connectivity index (χ3v) is 2.38. The van der Waals surface area contributed by atoms with Gasteiger partial charge in [0.05, 0.1) is 6.10 Å². The number of nitrogens with zero attached hydrogens (tertiary/aromatic N) is 1. The number of carbonyl (C=O) groups is 1. The van der Waals surface area contributed by atoms with Crippen LogP contribution in [-0.4, -0.2) is 45.3 Å². The fraction of sp³-hybridized carbons (Fsp3) is 0.300. The summed E-state index contributed by atoms with van der Waals surface area (Å²) in [5.74, 6) is -0.960. The van der Waals surface area contributed by atoms with Crippen molar-refractivity contribution in [3.63, 3.8) is 0 Å². The van der Waals surface area contributed by atoms with Crippen molar-refractivity contribution >= 4 is 5.91 Å². The first-order chi connectivity index (χ1) is 7.09. The van der Waals surface area contributed by atoms with Crippen molar-refractivity contribution in [1.82, 2.24) is 4.90 Å². The number of hydrogen-bond donors (Lipinski definition) is 3. The van der Waals surface area contributed by atoms with Gasteiger partial charge in [0, 0.05) is 13.1 Å². The third-order valence-electron chi connectivity index (χ3n) is 2.38. The number of aliphatic hydroxyl groups is 1. The van der Waals surface area contributed by atoms with E-state index in [0.29, 0.717) is 0 Å². The Morgan fingerprint density at radius 2 is 1.80 bits per heavy atom. The quantitative estimate of drug-likeness (QED) is 0.604. The van der Waals surface area contributed by atoms with E-state index in [2.05, 4.69) is 0 Å². The highest BCUT2D eigenvalue weighted by atomic mass is 16.3. The molecular formula is C10H11NO4. The summed E-state index contributed by atoms with van der Waals surface area (Å²) >= 11 is 0. The number of aliphatic hydroxyl groups excluding tert-OH is 1. The van der Waals surface area contributed by atoms with Crippen LogP contribution in [0.1, 0.15) is 10.4 Å². The van der Waals surface area contributed by atoms with E-state index in [-0.39, 0.29) is 30.2 Å². The number of likely N-dealkylation sites (tertiary alicyclic amines) is 1. The molecule has 80 valence electrons. The summed E-state index contributed by atoms with van der Waals surface area (Å²) in [5, 5.41) is 27.9. The summed E-state index contributed by atoms with van der Waals surface area (Å²) in [7, 11) is 0. The van der Waals surface area contributed by atoms with Gasteiger partial charge in [0.2, 0.25) is 0 Å². The number of phenols is 2. The van der Waals surface area contributed by atoms with Gasteiger partial charge < -0.3 is 20.2 Å². The maximum absolute atomic E-state index is 11.7. The van der Waals surface area contributed by atoms with Crippen molar-refractivity contribution in [1.29, 1.82) is 0 Å². The monoisotopic (exact) mass is 209 g/mol. The summed E-state index contributed by atoms with van der Waals surface area (Å²) < 4.78 is 0. The normalized spacial score (nSPS) is 16.2. The smallest absolute Gasteiger partial charge is 0.261 e. The van der Waals surface area contributed by atoms with Crippen LogP contribution in [0.15, 0.2) is 18.2 Å². The van der Waals surface area contributed by atoms with Crippen molar-refractivity contribution in [2.45, 2.75) is 6.10 Å². The van der Waals surface area contributed by atoms with Gasteiger partial charge in [-0.15, -0.1) is 0 Å². The second kappa shape index (κ2) is 3.43. The SMILES string of the molecule is O=C(c1c(O)cccc1O)N1CC(O)C1. The predicted octanol–water partition coefficient (Wildman–Crippen LogP) is -0.0855. The van der Waals surface area contributed by atoms with E-state index >= 15 is 0 Å². The number of phenolic OH excluding ortho intramolecular Hbond substituents is 2. The summed E-state index contributed by atoms with van der Waals surface area (Å²) in [6.07, 6.45) is -0.498. The van der Waals surface area contributed by atoms with E-state index in [9.17, 15) is 15.0 Å². The summed E-state index contributed by atoms with van der Waals surface area (Å²) in [5.41, 5.74) is -0.107.